The normalized spacial score (nSPS) is 29.4. The Labute approximate surface area is 214 Å². The molecule has 2 heterocycles. The fraction of sp³-hybridized carbons (Fsp3) is 0.364. The van der Waals surface area contributed by atoms with Crippen LogP contribution in [0.2, 0.25) is 0 Å². The maximum atomic E-state index is 13.5. The third-order valence-electron chi connectivity index (χ3n) is 6.85. The van der Waals surface area contributed by atoms with Crippen molar-refractivity contribution in [2.45, 2.75) is 16.1 Å². The van der Waals surface area contributed by atoms with Gasteiger partial charge in [-0.2, -0.15) is 5.01 Å². The van der Waals surface area contributed by atoms with Crippen LogP contribution in [-0.4, -0.2) is 54.6 Å². The molecule has 3 aliphatic rings. The average molecular weight is 611 g/mol. The smallest absolute Gasteiger partial charge is 0.273 e. The molecule has 2 saturated carbocycles. The van der Waals surface area contributed by atoms with Crippen molar-refractivity contribution in [1.29, 1.82) is 0 Å². The molecule has 5 rings (SSSR count). The number of nitrogens with zero attached hydrogens (tertiary/aromatic N) is 3. The van der Waals surface area contributed by atoms with Crippen molar-refractivity contribution in [3.8, 4) is 0 Å². The molecule has 6 atom stereocenters. The first-order valence-electron chi connectivity index (χ1n) is 10.5. The Hall–Kier alpha value is -2.44. The first kappa shape index (κ1) is 23.3. The van der Waals surface area contributed by atoms with E-state index in [1.165, 1.54) is 35.6 Å². The highest BCUT2D eigenvalue weighted by molar-refractivity contribution is 9.12. The van der Waals surface area contributed by atoms with Crippen LogP contribution in [0.4, 0.5) is 5.69 Å². The molecule has 0 radical (unpaired) electrons. The van der Waals surface area contributed by atoms with Gasteiger partial charge < -0.3 is 0 Å². The molecule has 0 unspecified atom stereocenters. The van der Waals surface area contributed by atoms with Gasteiger partial charge in [0.25, 0.3) is 23.4 Å². The summed E-state index contributed by atoms with van der Waals surface area (Å²) in [5.74, 6) is -3.35. The molecule has 1 aliphatic heterocycles. The number of benzene rings is 1. The Bertz CT molecular complexity index is 1170. The van der Waals surface area contributed by atoms with Crippen LogP contribution in [0.25, 0.3) is 0 Å². The number of nitro groups is 1. The molecule has 34 heavy (non-hydrogen) atoms. The topological polar surface area (TPSA) is 118 Å². The van der Waals surface area contributed by atoms with Crippen LogP contribution in [0.15, 0.2) is 41.8 Å². The van der Waals surface area contributed by atoms with E-state index < -0.39 is 46.8 Å². The van der Waals surface area contributed by atoms with E-state index in [2.05, 4.69) is 31.9 Å². The van der Waals surface area contributed by atoms with E-state index in [4.69, 9.17) is 0 Å². The lowest BCUT2D eigenvalue weighted by atomic mass is 9.81. The van der Waals surface area contributed by atoms with Crippen LogP contribution < -0.4 is 0 Å². The maximum Gasteiger partial charge on any atom is 0.273 e. The molecule has 176 valence electrons. The zero-order valence-corrected chi connectivity index (χ0v) is 21.4. The minimum Gasteiger partial charge on any atom is -0.291 e. The highest BCUT2D eigenvalue weighted by Crippen LogP contribution is 2.60. The van der Waals surface area contributed by atoms with Gasteiger partial charge in [0.15, 0.2) is 5.78 Å². The van der Waals surface area contributed by atoms with Crippen molar-refractivity contribution in [2.75, 3.05) is 6.54 Å². The highest BCUT2D eigenvalue weighted by atomic mass is 79.9. The molecule has 2 bridgehead atoms. The van der Waals surface area contributed by atoms with E-state index in [1.807, 2.05) is 0 Å². The number of hydrazine groups is 1. The Morgan fingerprint density at radius 1 is 1.06 bits per heavy atom. The van der Waals surface area contributed by atoms with Crippen molar-refractivity contribution >= 4 is 72.4 Å². The lowest BCUT2D eigenvalue weighted by Gasteiger charge is -2.30. The summed E-state index contributed by atoms with van der Waals surface area (Å²) in [6.45, 7) is -0.502. The van der Waals surface area contributed by atoms with Gasteiger partial charge in [-0.05, 0) is 41.8 Å². The Morgan fingerprint density at radius 3 is 2.15 bits per heavy atom. The minimum atomic E-state index is -0.750. The standard InChI is InChI=1S/C22H17Br2N3O6S/c23-18-12-8-13(19(18)24)17-16(12)21(30)26(22(17)31)25(9-14(28)15-2-1-7-34-15)20(29)10-3-5-11(6-4-10)27(32)33/h1-7,12-13,16-19H,8-9H2/t12-,13-,16-,17-,18-,19+/m1/s1. The zero-order chi connectivity index (χ0) is 24.3. The Balaban J connectivity index is 1.50. The van der Waals surface area contributed by atoms with E-state index in [9.17, 15) is 29.3 Å². The number of carbonyl (C=O) groups is 4. The summed E-state index contributed by atoms with van der Waals surface area (Å²) in [6, 6.07) is 8.14. The van der Waals surface area contributed by atoms with Crippen LogP contribution in [0.5, 0.6) is 0 Å². The van der Waals surface area contributed by atoms with E-state index in [1.54, 1.807) is 17.5 Å². The maximum absolute atomic E-state index is 13.5. The van der Waals surface area contributed by atoms with Crippen molar-refractivity contribution < 1.29 is 24.1 Å². The molecule has 1 saturated heterocycles. The van der Waals surface area contributed by atoms with Crippen LogP contribution in [-0.2, 0) is 9.59 Å². The fourth-order valence-electron chi connectivity index (χ4n) is 5.33. The molecule has 3 amide bonds. The van der Waals surface area contributed by atoms with Gasteiger partial charge >= 0.3 is 0 Å². The van der Waals surface area contributed by atoms with E-state index >= 15 is 0 Å². The van der Waals surface area contributed by atoms with Crippen molar-refractivity contribution in [1.82, 2.24) is 10.0 Å². The molecule has 2 aliphatic carbocycles. The number of thiophene rings is 1. The van der Waals surface area contributed by atoms with Gasteiger partial charge in [-0.25, -0.2) is 5.01 Å². The molecule has 0 N–H and O–H groups in total. The third kappa shape index (κ3) is 3.54. The molecule has 0 spiro atoms. The molecule has 12 heteroatoms. The average Bonchev–Trinajstić information content (AvgIpc) is 3.59. The monoisotopic (exact) mass is 609 g/mol. The van der Waals surface area contributed by atoms with Gasteiger partial charge in [-0.1, -0.05) is 37.9 Å². The van der Waals surface area contributed by atoms with E-state index in [-0.39, 0.29) is 32.7 Å². The molecular formula is C22H17Br2N3O6S. The first-order valence-corrected chi connectivity index (χ1v) is 13.2. The number of halogens is 2. The van der Waals surface area contributed by atoms with Gasteiger partial charge in [-0.15, -0.1) is 11.3 Å². The molecule has 1 aromatic carbocycles. The number of imide groups is 1. The van der Waals surface area contributed by atoms with E-state index in [0.29, 0.717) is 4.88 Å². The molecule has 1 aromatic heterocycles. The van der Waals surface area contributed by atoms with Crippen LogP contribution >= 0.6 is 43.2 Å². The number of ketones is 1. The predicted octanol–water partition coefficient (Wildman–Crippen LogP) is 3.67. The quantitative estimate of drug-likeness (QED) is 0.162. The summed E-state index contributed by atoms with van der Waals surface area (Å²) in [7, 11) is 0. The zero-order valence-electron chi connectivity index (χ0n) is 17.4. The highest BCUT2D eigenvalue weighted by Gasteiger charge is 2.67. The number of rotatable bonds is 6. The van der Waals surface area contributed by atoms with Gasteiger partial charge in [0, 0.05) is 27.4 Å². The number of non-ortho nitro benzene ring substituents is 1. The second-order valence-corrected chi connectivity index (χ2v) is 11.6. The Morgan fingerprint density at radius 2 is 1.65 bits per heavy atom. The van der Waals surface area contributed by atoms with Gasteiger partial charge in [-0.3, -0.25) is 29.3 Å². The summed E-state index contributed by atoms with van der Waals surface area (Å²) in [6.07, 6.45) is 0.733. The molecule has 9 nitrogen and oxygen atoms in total. The SMILES string of the molecule is O=C(CN(C(=O)c1ccc([N+](=O)[O-])cc1)N1C(=O)[C@@H]2[C@H]3C[C@@H]([C@@H](Br)[C@H]3Br)[C@H]2C1=O)c1cccs1. The number of Topliss-reactive ketones (excluding diaryl/α,β-unsaturated/α-hetero) is 1. The largest absolute Gasteiger partial charge is 0.291 e. The van der Waals surface area contributed by atoms with Gasteiger partial charge in [0.1, 0.15) is 6.54 Å². The summed E-state index contributed by atoms with van der Waals surface area (Å²) in [5.41, 5.74) is -0.175. The fourth-order valence-corrected chi connectivity index (χ4v) is 7.86. The summed E-state index contributed by atoms with van der Waals surface area (Å²) in [5, 5.41) is 14.4. The number of nitro benzene ring substituents is 1. The molecular weight excluding hydrogens is 594 g/mol. The number of hydrogen-bond donors (Lipinski definition) is 0. The van der Waals surface area contributed by atoms with Crippen LogP contribution in [0.3, 0.4) is 0 Å². The lowest BCUT2D eigenvalue weighted by Crippen LogP contribution is -2.52. The second-order valence-electron chi connectivity index (χ2n) is 8.56. The molecule has 2 aromatic rings. The Kier molecular flexibility index (Phi) is 5.93. The number of alkyl halides is 2. The minimum absolute atomic E-state index is 0.0296. The summed E-state index contributed by atoms with van der Waals surface area (Å²) >= 11 is 8.46. The van der Waals surface area contributed by atoms with Gasteiger partial charge in [0.05, 0.1) is 21.6 Å². The first-order chi connectivity index (χ1) is 16.2. The number of fused-ring (bicyclic) bond motifs is 5. The second kappa shape index (κ2) is 8.65. The summed E-state index contributed by atoms with van der Waals surface area (Å²) in [4.78, 5) is 64.2. The number of hydrogen-bond acceptors (Lipinski definition) is 7. The van der Waals surface area contributed by atoms with Gasteiger partial charge in [0.2, 0.25) is 0 Å². The lowest BCUT2D eigenvalue weighted by molar-refractivity contribution is -0.384. The van der Waals surface area contributed by atoms with E-state index in [0.717, 1.165) is 16.4 Å². The number of carbonyl (C=O) groups excluding carboxylic acids is 4. The predicted molar refractivity (Wildman–Crippen MR) is 129 cm³/mol. The van der Waals surface area contributed by atoms with Crippen LogP contribution in [0.1, 0.15) is 26.5 Å². The van der Waals surface area contributed by atoms with Crippen molar-refractivity contribution in [3.63, 3.8) is 0 Å². The third-order valence-corrected chi connectivity index (χ3v) is 11.0. The molecule has 3 fully saturated rings. The number of amides is 3. The van der Waals surface area contributed by atoms with Crippen molar-refractivity contribution in [2.24, 2.45) is 23.7 Å². The summed E-state index contributed by atoms with van der Waals surface area (Å²) < 4.78 is 0. The van der Waals surface area contributed by atoms with Crippen LogP contribution in [0, 0.1) is 33.8 Å². The van der Waals surface area contributed by atoms with Crippen molar-refractivity contribution in [3.05, 3.63) is 62.3 Å².